The van der Waals surface area contributed by atoms with E-state index < -0.39 is 0 Å². The molecule has 2 aromatic rings. The van der Waals surface area contributed by atoms with Crippen LogP contribution in [0.25, 0.3) is 11.8 Å². The van der Waals surface area contributed by atoms with Gasteiger partial charge >= 0.3 is 0 Å². The molecule has 0 unspecified atom stereocenters. The fourth-order valence-electron chi connectivity index (χ4n) is 4.79. The number of rotatable bonds is 6. The summed E-state index contributed by atoms with van der Waals surface area (Å²) in [6, 6.07) is 10.7. The Labute approximate surface area is 186 Å². The van der Waals surface area contributed by atoms with Crippen molar-refractivity contribution in [3.63, 3.8) is 0 Å². The lowest BCUT2D eigenvalue weighted by molar-refractivity contribution is -0.127. The summed E-state index contributed by atoms with van der Waals surface area (Å²) in [7, 11) is 0. The number of carbonyl (C=O) groups is 1. The second-order valence-corrected chi connectivity index (χ2v) is 9.05. The van der Waals surface area contributed by atoms with Gasteiger partial charge in [-0.25, -0.2) is 0 Å². The van der Waals surface area contributed by atoms with Crippen LogP contribution < -0.4 is 0 Å². The predicted octanol–water partition coefficient (Wildman–Crippen LogP) is 3.66. The lowest BCUT2D eigenvalue weighted by Gasteiger charge is -2.35. The fourth-order valence-corrected chi connectivity index (χ4v) is 4.79. The normalized spacial score (nSPS) is 18.4. The van der Waals surface area contributed by atoms with Gasteiger partial charge in [0.25, 0.3) is 0 Å². The van der Waals surface area contributed by atoms with Gasteiger partial charge in [-0.05, 0) is 76.5 Å². The van der Waals surface area contributed by atoms with E-state index in [2.05, 4.69) is 65.5 Å². The summed E-state index contributed by atoms with van der Waals surface area (Å²) in [5, 5.41) is 0. The highest BCUT2D eigenvalue weighted by atomic mass is 16.2. The van der Waals surface area contributed by atoms with Crippen molar-refractivity contribution in [2.45, 2.75) is 33.6 Å². The Morgan fingerprint density at radius 1 is 0.871 bits per heavy atom. The van der Waals surface area contributed by atoms with Crippen LogP contribution in [-0.2, 0) is 4.79 Å². The van der Waals surface area contributed by atoms with Crippen LogP contribution in [0.1, 0.15) is 35.4 Å². The summed E-state index contributed by atoms with van der Waals surface area (Å²) in [5.41, 5.74) is 5.87. The molecule has 3 heterocycles. The Bertz CT molecular complexity index is 914. The molecule has 2 saturated heterocycles. The van der Waals surface area contributed by atoms with E-state index in [9.17, 15) is 4.79 Å². The van der Waals surface area contributed by atoms with Gasteiger partial charge in [0.1, 0.15) is 0 Å². The van der Waals surface area contributed by atoms with Gasteiger partial charge in [-0.1, -0.05) is 17.7 Å². The first kappa shape index (κ1) is 21.8. The van der Waals surface area contributed by atoms with Gasteiger partial charge in [0.2, 0.25) is 5.91 Å². The highest BCUT2D eigenvalue weighted by molar-refractivity contribution is 5.92. The van der Waals surface area contributed by atoms with Crippen molar-refractivity contribution in [3.8, 4) is 5.69 Å². The van der Waals surface area contributed by atoms with Gasteiger partial charge in [-0.15, -0.1) is 0 Å². The summed E-state index contributed by atoms with van der Waals surface area (Å²) < 4.78 is 2.25. The van der Waals surface area contributed by atoms with E-state index in [0.29, 0.717) is 0 Å². The Balaban J connectivity index is 1.32. The molecule has 0 atom stereocenters. The fraction of sp³-hybridized carbons (Fsp3) is 0.500. The van der Waals surface area contributed by atoms with E-state index in [1.54, 1.807) is 6.08 Å². The van der Waals surface area contributed by atoms with Crippen molar-refractivity contribution in [1.29, 1.82) is 0 Å². The average Bonchev–Trinajstić information content (AvgIpc) is 3.39. The molecule has 1 aromatic carbocycles. The summed E-state index contributed by atoms with van der Waals surface area (Å²) in [4.78, 5) is 19.8. The maximum absolute atomic E-state index is 12.8. The van der Waals surface area contributed by atoms with Crippen LogP contribution in [0, 0.1) is 20.8 Å². The molecule has 2 aliphatic heterocycles. The molecule has 0 bridgehead atoms. The zero-order valence-corrected chi connectivity index (χ0v) is 19.3. The van der Waals surface area contributed by atoms with Crippen molar-refractivity contribution in [2.24, 2.45) is 0 Å². The van der Waals surface area contributed by atoms with Crippen molar-refractivity contribution >= 4 is 12.0 Å². The molecule has 2 aliphatic rings. The molecule has 0 saturated carbocycles. The molecule has 2 fully saturated rings. The molecule has 0 spiro atoms. The van der Waals surface area contributed by atoms with E-state index in [4.69, 9.17) is 0 Å². The molecule has 5 heteroatoms. The van der Waals surface area contributed by atoms with Crippen molar-refractivity contribution in [2.75, 3.05) is 52.4 Å². The third kappa shape index (κ3) is 5.28. The molecule has 0 N–H and O–H groups in total. The number of carbonyl (C=O) groups excluding carboxylic acids is 1. The van der Waals surface area contributed by atoms with Crippen molar-refractivity contribution in [1.82, 2.24) is 19.3 Å². The van der Waals surface area contributed by atoms with Gasteiger partial charge < -0.3 is 14.4 Å². The quantitative estimate of drug-likeness (QED) is 0.669. The first-order valence-corrected chi connectivity index (χ1v) is 11.7. The van der Waals surface area contributed by atoms with Crippen LogP contribution in [0.5, 0.6) is 0 Å². The van der Waals surface area contributed by atoms with Gasteiger partial charge in [0, 0.05) is 62.4 Å². The summed E-state index contributed by atoms with van der Waals surface area (Å²) >= 11 is 0. The lowest BCUT2D eigenvalue weighted by Crippen LogP contribution is -2.49. The number of hydrogen-bond acceptors (Lipinski definition) is 3. The Morgan fingerprint density at radius 2 is 1.48 bits per heavy atom. The highest BCUT2D eigenvalue weighted by Crippen LogP contribution is 2.22. The maximum atomic E-state index is 12.8. The van der Waals surface area contributed by atoms with E-state index in [1.807, 2.05) is 11.0 Å². The number of likely N-dealkylation sites (tertiary alicyclic amines) is 1. The van der Waals surface area contributed by atoms with Crippen LogP contribution in [-0.4, -0.2) is 77.5 Å². The topological polar surface area (TPSA) is 31.7 Å². The number of hydrogen-bond donors (Lipinski definition) is 0. The second kappa shape index (κ2) is 9.84. The summed E-state index contributed by atoms with van der Waals surface area (Å²) in [6.07, 6.45) is 6.43. The van der Waals surface area contributed by atoms with Crippen LogP contribution in [0.4, 0.5) is 0 Å². The van der Waals surface area contributed by atoms with Gasteiger partial charge in [0.05, 0.1) is 0 Å². The van der Waals surface area contributed by atoms with Crippen LogP contribution >= 0.6 is 0 Å². The van der Waals surface area contributed by atoms with E-state index in [1.165, 1.54) is 43.7 Å². The molecule has 0 radical (unpaired) electrons. The number of amides is 1. The van der Waals surface area contributed by atoms with E-state index >= 15 is 0 Å². The highest BCUT2D eigenvalue weighted by Gasteiger charge is 2.21. The number of nitrogens with zero attached hydrogens (tertiary/aromatic N) is 4. The van der Waals surface area contributed by atoms with Crippen LogP contribution in [0.2, 0.25) is 0 Å². The number of benzene rings is 1. The largest absolute Gasteiger partial charge is 0.337 e. The van der Waals surface area contributed by atoms with Gasteiger partial charge in [-0.3, -0.25) is 9.69 Å². The molecular formula is C26H36N4O. The van der Waals surface area contributed by atoms with Crippen LogP contribution in [0.15, 0.2) is 36.4 Å². The zero-order valence-electron chi connectivity index (χ0n) is 19.3. The smallest absolute Gasteiger partial charge is 0.246 e. The third-order valence-corrected chi connectivity index (χ3v) is 6.78. The molecule has 166 valence electrons. The first-order chi connectivity index (χ1) is 15.0. The van der Waals surface area contributed by atoms with Crippen LogP contribution in [0.3, 0.4) is 0 Å². The third-order valence-electron chi connectivity index (χ3n) is 6.78. The van der Waals surface area contributed by atoms with E-state index in [0.717, 1.165) is 49.7 Å². The minimum Gasteiger partial charge on any atom is -0.337 e. The molecule has 31 heavy (non-hydrogen) atoms. The Kier molecular flexibility index (Phi) is 6.93. The molecule has 4 rings (SSSR count). The summed E-state index contributed by atoms with van der Waals surface area (Å²) in [5.74, 6) is 0.124. The number of piperazine rings is 1. The standard InChI is InChI=1S/C26H36N4O/c1-21-6-9-25(10-7-21)30-22(2)20-24(23(30)3)8-11-26(31)29-18-16-28(17-19-29)15-14-27-12-4-5-13-27/h6-11,20H,4-5,12-19H2,1-3H3/b11-8+. The van der Waals surface area contributed by atoms with Gasteiger partial charge in [-0.2, -0.15) is 0 Å². The molecule has 0 aliphatic carbocycles. The Hall–Kier alpha value is -2.37. The van der Waals surface area contributed by atoms with E-state index in [-0.39, 0.29) is 5.91 Å². The number of aryl methyl sites for hydroxylation is 2. The Morgan fingerprint density at radius 3 is 2.13 bits per heavy atom. The average molecular weight is 421 g/mol. The zero-order chi connectivity index (χ0) is 21.8. The maximum Gasteiger partial charge on any atom is 0.246 e. The molecule has 5 nitrogen and oxygen atoms in total. The second-order valence-electron chi connectivity index (χ2n) is 9.05. The van der Waals surface area contributed by atoms with Crippen molar-refractivity contribution < 1.29 is 4.79 Å². The lowest BCUT2D eigenvalue weighted by atomic mass is 10.2. The first-order valence-electron chi connectivity index (χ1n) is 11.7. The SMILES string of the molecule is Cc1ccc(-n2c(C)cc(/C=C/C(=O)N3CCN(CCN4CCCC4)CC3)c2C)cc1. The minimum atomic E-state index is 0.124. The van der Waals surface area contributed by atoms with Crippen molar-refractivity contribution in [3.05, 3.63) is 58.9 Å². The molecule has 1 aromatic heterocycles. The number of aromatic nitrogens is 1. The molecular weight excluding hydrogens is 384 g/mol. The summed E-state index contributed by atoms with van der Waals surface area (Å²) in [6.45, 7) is 14.8. The minimum absolute atomic E-state index is 0.124. The predicted molar refractivity (Wildman–Crippen MR) is 128 cm³/mol. The molecule has 1 amide bonds. The van der Waals surface area contributed by atoms with Gasteiger partial charge in [0.15, 0.2) is 0 Å². The monoisotopic (exact) mass is 420 g/mol.